The van der Waals surface area contributed by atoms with E-state index in [-0.39, 0.29) is 54.6 Å². The second-order valence-corrected chi connectivity index (χ2v) is 14.8. The normalized spacial score (nSPS) is 18.4. The standard InChI is InChI=1S/C41H47BrFN3O5/c1-27-8-10-29(11-9-27)20-21-46(33-17-18-33)41(49)40-34(24-32-25-45(26-36(40)44-32)38(47)6-3-7-39(48)50-2)30-14-12-28(13-15-30)5-4-22-51-37-23-31(43)16-19-35(37)42/h8-16,19,23,32-33,36,44H,3-7,17-18,20-22,24-26H2,1-2H3/t32-,36-/m1/s1. The molecule has 1 saturated carbocycles. The molecule has 2 bridgehead atoms. The molecule has 2 atom stereocenters. The van der Waals surface area contributed by atoms with Gasteiger partial charge >= 0.3 is 5.97 Å². The molecule has 0 spiro atoms. The maximum absolute atomic E-state index is 14.7. The van der Waals surface area contributed by atoms with Crippen LogP contribution < -0.4 is 10.1 Å². The van der Waals surface area contributed by atoms with Gasteiger partial charge in [-0.3, -0.25) is 14.4 Å². The molecule has 3 aromatic rings. The number of fused-ring (bicyclic) bond motifs is 2. The Morgan fingerprint density at radius 2 is 1.67 bits per heavy atom. The molecular formula is C41H47BrFN3O5. The Bertz CT molecular complexity index is 1740. The first kappa shape index (κ1) is 36.8. The van der Waals surface area contributed by atoms with E-state index >= 15 is 0 Å². The number of nitrogens with zero attached hydrogens (tertiary/aromatic N) is 2. The number of benzene rings is 3. The van der Waals surface area contributed by atoms with Crippen molar-refractivity contribution < 1.29 is 28.2 Å². The van der Waals surface area contributed by atoms with E-state index in [0.29, 0.717) is 44.8 Å². The van der Waals surface area contributed by atoms with Crippen molar-refractivity contribution in [2.75, 3.05) is 33.4 Å². The van der Waals surface area contributed by atoms with Gasteiger partial charge in [-0.15, -0.1) is 0 Å². The zero-order valence-corrected chi connectivity index (χ0v) is 31.1. The van der Waals surface area contributed by atoms with E-state index in [4.69, 9.17) is 9.47 Å². The highest BCUT2D eigenvalue weighted by Crippen LogP contribution is 2.37. The van der Waals surface area contributed by atoms with Crippen LogP contribution in [-0.4, -0.2) is 79.1 Å². The lowest BCUT2D eigenvalue weighted by molar-refractivity contribution is -0.141. The highest BCUT2D eigenvalue weighted by atomic mass is 79.9. The number of hydrogen-bond donors (Lipinski definition) is 1. The molecule has 2 fully saturated rings. The van der Waals surface area contributed by atoms with Crippen molar-refractivity contribution in [3.63, 3.8) is 0 Å². The van der Waals surface area contributed by atoms with E-state index in [1.807, 2.05) is 4.90 Å². The number of ether oxygens (including phenoxy) is 2. The molecule has 1 N–H and O–H groups in total. The summed E-state index contributed by atoms with van der Waals surface area (Å²) in [5.74, 6) is -0.101. The molecule has 1 saturated heterocycles. The van der Waals surface area contributed by atoms with Crippen molar-refractivity contribution in [1.82, 2.24) is 15.1 Å². The van der Waals surface area contributed by atoms with Gasteiger partial charge in [-0.05, 0) is 102 Å². The summed E-state index contributed by atoms with van der Waals surface area (Å²) in [5.41, 5.74) is 6.43. The predicted molar refractivity (Wildman–Crippen MR) is 199 cm³/mol. The molecule has 8 nitrogen and oxygen atoms in total. The van der Waals surface area contributed by atoms with Crippen LogP contribution in [0.15, 0.2) is 76.8 Å². The van der Waals surface area contributed by atoms with E-state index < -0.39 is 0 Å². The Kier molecular flexibility index (Phi) is 12.3. The van der Waals surface area contributed by atoms with Crippen LogP contribution in [0.2, 0.25) is 0 Å². The number of amides is 2. The number of rotatable bonds is 15. The molecule has 1 aliphatic carbocycles. The molecule has 10 heteroatoms. The summed E-state index contributed by atoms with van der Waals surface area (Å²) in [6.45, 7) is 4.14. The predicted octanol–water partition coefficient (Wildman–Crippen LogP) is 6.81. The lowest BCUT2D eigenvalue weighted by Gasteiger charge is -2.45. The van der Waals surface area contributed by atoms with Gasteiger partial charge in [0.2, 0.25) is 5.91 Å². The van der Waals surface area contributed by atoms with Gasteiger partial charge in [0.15, 0.2) is 0 Å². The molecule has 2 heterocycles. The number of halogens is 2. The first-order chi connectivity index (χ1) is 24.7. The average molecular weight is 761 g/mol. The maximum atomic E-state index is 14.7. The van der Waals surface area contributed by atoms with Crippen molar-refractivity contribution >= 4 is 39.3 Å². The zero-order valence-electron chi connectivity index (χ0n) is 29.5. The number of piperazine rings is 1. The highest BCUT2D eigenvalue weighted by Gasteiger charge is 2.43. The topological polar surface area (TPSA) is 88.2 Å². The number of esters is 1. The van der Waals surface area contributed by atoms with Crippen LogP contribution >= 0.6 is 15.9 Å². The molecule has 3 aliphatic rings. The van der Waals surface area contributed by atoms with Gasteiger partial charge in [-0.1, -0.05) is 54.1 Å². The number of nitrogens with one attached hydrogen (secondary N) is 1. The number of carbonyl (C=O) groups excluding carboxylic acids is 3. The van der Waals surface area contributed by atoms with Gasteiger partial charge in [-0.2, -0.15) is 0 Å². The minimum atomic E-state index is -0.334. The Balaban J connectivity index is 1.20. The van der Waals surface area contributed by atoms with E-state index in [9.17, 15) is 18.8 Å². The monoisotopic (exact) mass is 759 g/mol. The summed E-state index contributed by atoms with van der Waals surface area (Å²) in [6, 6.07) is 21.4. The van der Waals surface area contributed by atoms with Crippen molar-refractivity contribution in [1.29, 1.82) is 0 Å². The third-order valence-corrected chi connectivity index (χ3v) is 10.7. The van der Waals surface area contributed by atoms with Crippen LogP contribution in [0.3, 0.4) is 0 Å². The maximum Gasteiger partial charge on any atom is 0.305 e. The number of carbonyl (C=O) groups is 3. The van der Waals surface area contributed by atoms with E-state index in [0.717, 1.165) is 58.8 Å². The molecule has 2 aliphatic heterocycles. The summed E-state index contributed by atoms with van der Waals surface area (Å²) in [6.07, 6.45) is 5.90. The third-order valence-electron chi connectivity index (χ3n) is 10.1. The molecule has 0 aromatic heterocycles. The first-order valence-electron chi connectivity index (χ1n) is 18.1. The lowest BCUT2D eigenvalue weighted by atomic mass is 9.82. The molecular weight excluding hydrogens is 713 g/mol. The fourth-order valence-electron chi connectivity index (χ4n) is 7.13. The van der Waals surface area contributed by atoms with Crippen molar-refractivity contribution in [2.24, 2.45) is 0 Å². The molecule has 0 unspecified atom stereocenters. The van der Waals surface area contributed by atoms with E-state index in [2.05, 4.69) is 81.6 Å². The Labute approximate surface area is 308 Å². The van der Waals surface area contributed by atoms with Crippen LogP contribution in [0.5, 0.6) is 5.75 Å². The van der Waals surface area contributed by atoms with Crippen molar-refractivity contribution in [3.05, 3.63) is 105 Å². The fraction of sp³-hybridized carbons (Fsp3) is 0.439. The molecule has 0 radical (unpaired) electrons. The highest BCUT2D eigenvalue weighted by molar-refractivity contribution is 9.10. The van der Waals surface area contributed by atoms with Crippen LogP contribution in [0, 0.1) is 12.7 Å². The quantitative estimate of drug-likeness (QED) is 0.135. The van der Waals surface area contributed by atoms with Crippen molar-refractivity contribution in [3.8, 4) is 5.75 Å². The largest absolute Gasteiger partial charge is 0.492 e. The minimum absolute atomic E-state index is 0.00200. The van der Waals surface area contributed by atoms with Gasteiger partial charge in [-0.25, -0.2) is 4.39 Å². The summed E-state index contributed by atoms with van der Waals surface area (Å²) >= 11 is 3.41. The Hall–Kier alpha value is -4.02. The summed E-state index contributed by atoms with van der Waals surface area (Å²) < 4.78 is 24.9. The minimum Gasteiger partial charge on any atom is -0.492 e. The molecule has 2 amide bonds. The van der Waals surface area contributed by atoms with Crippen LogP contribution in [0.4, 0.5) is 4.39 Å². The van der Waals surface area contributed by atoms with Gasteiger partial charge in [0.1, 0.15) is 11.6 Å². The molecule has 6 rings (SSSR count). The second-order valence-electron chi connectivity index (χ2n) is 13.9. The zero-order chi connectivity index (χ0) is 35.9. The molecule has 3 aromatic carbocycles. The van der Waals surface area contributed by atoms with Crippen LogP contribution in [0.1, 0.15) is 67.2 Å². The van der Waals surface area contributed by atoms with E-state index in [1.165, 1.54) is 30.4 Å². The van der Waals surface area contributed by atoms with E-state index in [1.54, 1.807) is 6.07 Å². The second kappa shape index (κ2) is 17.0. The SMILES string of the molecule is COC(=O)CCCC(=O)N1C[C@H]2CC(c3ccc(CCCOc4cc(F)ccc4Br)cc3)=C(C(=O)N(CCc3ccc(C)cc3)C3CC3)[C@@H](C1)N2. The fourth-order valence-corrected chi connectivity index (χ4v) is 7.49. The Morgan fingerprint density at radius 1 is 0.941 bits per heavy atom. The summed E-state index contributed by atoms with van der Waals surface area (Å²) in [5, 5.41) is 3.70. The number of hydrogen-bond acceptors (Lipinski definition) is 6. The molecule has 270 valence electrons. The number of methoxy groups -OCH3 is 1. The summed E-state index contributed by atoms with van der Waals surface area (Å²) in [7, 11) is 1.36. The third kappa shape index (κ3) is 9.65. The van der Waals surface area contributed by atoms with Crippen molar-refractivity contribution in [2.45, 2.75) is 82.8 Å². The van der Waals surface area contributed by atoms with Gasteiger partial charge in [0.05, 0.1) is 24.2 Å². The lowest BCUT2D eigenvalue weighted by Crippen LogP contribution is -2.62. The molecule has 51 heavy (non-hydrogen) atoms. The first-order valence-corrected chi connectivity index (χ1v) is 18.8. The summed E-state index contributed by atoms with van der Waals surface area (Å²) in [4.78, 5) is 43.6. The van der Waals surface area contributed by atoms with Gasteiger partial charge in [0, 0.05) is 56.2 Å². The van der Waals surface area contributed by atoms with Gasteiger partial charge in [0.25, 0.3) is 5.91 Å². The number of aryl methyl sites for hydroxylation is 2. The average Bonchev–Trinajstić information content (AvgIpc) is 3.97. The Morgan fingerprint density at radius 3 is 2.39 bits per heavy atom. The van der Waals surface area contributed by atoms with Crippen LogP contribution in [0.25, 0.3) is 5.57 Å². The smallest absolute Gasteiger partial charge is 0.305 e. The van der Waals surface area contributed by atoms with Crippen LogP contribution in [-0.2, 0) is 32.0 Å². The van der Waals surface area contributed by atoms with Gasteiger partial charge < -0.3 is 24.6 Å².